The lowest BCUT2D eigenvalue weighted by Crippen LogP contribution is -2.23. The Balaban J connectivity index is 1.84. The van der Waals surface area contributed by atoms with Crippen molar-refractivity contribution in [1.82, 2.24) is 0 Å². The molecule has 16 heavy (non-hydrogen) atoms. The first-order valence-electron chi connectivity index (χ1n) is 6.05. The summed E-state index contributed by atoms with van der Waals surface area (Å²) in [6, 6.07) is 8.28. The highest BCUT2D eigenvalue weighted by Gasteiger charge is 2.11. The maximum absolute atomic E-state index is 5.74. The molecule has 0 spiro atoms. The topological polar surface area (TPSA) is 21.3 Å². The van der Waals surface area contributed by atoms with Gasteiger partial charge in [-0.05, 0) is 24.1 Å². The molecular formula is C14H19NO. The lowest BCUT2D eigenvalue weighted by atomic mass is 10.1. The van der Waals surface area contributed by atoms with E-state index in [-0.39, 0.29) is 6.23 Å². The van der Waals surface area contributed by atoms with E-state index < -0.39 is 0 Å². The number of ether oxygens (including phenoxy) is 1. The van der Waals surface area contributed by atoms with E-state index in [1.54, 1.807) is 0 Å². The molecule has 0 aromatic heterocycles. The van der Waals surface area contributed by atoms with Crippen LogP contribution in [0.5, 0.6) is 0 Å². The molecule has 1 aliphatic rings. The summed E-state index contributed by atoms with van der Waals surface area (Å²) in [7, 11) is 0. The number of fused-ring (bicyclic) bond motifs is 1. The summed E-state index contributed by atoms with van der Waals surface area (Å²) in [6.45, 7) is 3.03. The van der Waals surface area contributed by atoms with E-state index in [4.69, 9.17) is 4.74 Å². The third-order valence-corrected chi connectivity index (χ3v) is 2.75. The van der Waals surface area contributed by atoms with Gasteiger partial charge in [0, 0.05) is 12.3 Å². The molecule has 1 atom stereocenters. The Morgan fingerprint density at radius 3 is 3.00 bits per heavy atom. The third kappa shape index (κ3) is 2.86. The van der Waals surface area contributed by atoms with Crippen molar-refractivity contribution in [3.8, 4) is 0 Å². The van der Waals surface area contributed by atoms with E-state index in [0.29, 0.717) is 0 Å². The smallest absolute Gasteiger partial charge is 0.147 e. The van der Waals surface area contributed by atoms with Crippen LogP contribution in [0.2, 0.25) is 0 Å². The second kappa shape index (κ2) is 5.71. The molecule has 1 heterocycles. The maximum atomic E-state index is 5.74. The highest BCUT2D eigenvalue weighted by atomic mass is 16.5. The molecule has 1 aromatic carbocycles. The average molecular weight is 217 g/mol. The highest BCUT2D eigenvalue weighted by molar-refractivity contribution is 5.70. The highest BCUT2D eigenvalue weighted by Crippen LogP contribution is 2.22. The zero-order valence-corrected chi connectivity index (χ0v) is 9.78. The van der Waals surface area contributed by atoms with E-state index in [2.05, 4.69) is 36.5 Å². The van der Waals surface area contributed by atoms with E-state index >= 15 is 0 Å². The number of hydrogen-bond donors (Lipinski definition) is 1. The van der Waals surface area contributed by atoms with Gasteiger partial charge in [-0.15, -0.1) is 0 Å². The number of anilines is 1. The van der Waals surface area contributed by atoms with Crippen LogP contribution >= 0.6 is 0 Å². The van der Waals surface area contributed by atoms with Crippen LogP contribution in [0.3, 0.4) is 0 Å². The summed E-state index contributed by atoms with van der Waals surface area (Å²) < 4.78 is 5.74. The fourth-order valence-corrected chi connectivity index (χ4v) is 1.83. The van der Waals surface area contributed by atoms with Gasteiger partial charge in [-0.25, -0.2) is 0 Å². The first-order valence-corrected chi connectivity index (χ1v) is 6.05. The largest absolute Gasteiger partial charge is 0.356 e. The number of unbranched alkanes of at least 4 members (excludes halogenated alkanes) is 2. The molecule has 0 fully saturated rings. The standard InChI is InChI=1S/C14H19NO/c1-2-3-6-11-16-14-10-9-12-7-4-5-8-13(12)15-14/h4-5,7-10,14-15H,2-3,6,11H2,1H3. The summed E-state index contributed by atoms with van der Waals surface area (Å²) in [4.78, 5) is 0. The molecule has 1 unspecified atom stereocenters. The van der Waals surface area contributed by atoms with Crippen LogP contribution in [0.25, 0.3) is 6.08 Å². The summed E-state index contributed by atoms with van der Waals surface area (Å²) in [6.07, 6.45) is 7.86. The normalized spacial score (nSPS) is 17.9. The van der Waals surface area contributed by atoms with E-state index in [1.807, 2.05) is 12.1 Å². The van der Waals surface area contributed by atoms with Crippen molar-refractivity contribution < 1.29 is 4.74 Å². The number of benzene rings is 1. The van der Waals surface area contributed by atoms with Gasteiger partial charge in [0.2, 0.25) is 0 Å². The Hall–Kier alpha value is -1.28. The molecule has 0 aliphatic carbocycles. The molecule has 86 valence electrons. The Bertz CT molecular complexity index is 360. The number of hydrogen-bond acceptors (Lipinski definition) is 2. The van der Waals surface area contributed by atoms with Crippen molar-refractivity contribution in [2.75, 3.05) is 11.9 Å². The van der Waals surface area contributed by atoms with Crippen LogP contribution in [-0.2, 0) is 4.74 Å². The van der Waals surface area contributed by atoms with Crippen molar-refractivity contribution >= 4 is 11.8 Å². The molecule has 1 aliphatic heterocycles. The fourth-order valence-electron chi connectivity index (χ4n) is 1.83. The quantitative estimate of drug-likeness (QED) is 0.760. The summed E-state index contributed by atoms with van der Waals surface area (Å²) in [5, 5.41) is 3.36. The molecule has 1 N–H and O–H groups in total. The molecule has 0 saturated carbocycles. The predicted octanol–water partition coefficient (Wildman–Crippen LogP) is 3.66. The molecular weight excluding hydrogens is 198 g/mol. The number of rotatable bonds is 5. The SMILES string of the molecule is CCCCCOC1C=Cc2ccccc2N1. The minimum absolute atomic E-state index is 0.0340. The molecule has 2 heteroatoms. The molecule has 2 nitrogen and oxygen atoms in total. The third-order valence-electron chi connectivity index (χ3n) is 2.75. The van der Waals surface area contributed by atoms with Gasteiger partial charge in [0.15, 0.2) is 0 Å². The van der Waals surface area contributed by atoms with Gasteiger partial charge in [0.25, 0.3) is 0 Å². The Labute approximate surface area is 97.3 Å². The Morgan fingerprint density at radius 1 is 1.25 bits per heavy atom. The molecule has 2 rings (SSSR count). The Morgan fingerprint density at radius 2 is 2.12 bits per heavy atom. The van der Waals surface area contributed by atoms with Crippen LogP contribution in [0.1, 0.15) is 31.7 Å². The first-order chi connectivity index (χ1) is 7.90. The lowest BCUT2D eigenvalue weighted by molar-refractivity contribution is 0.0997. The maximum Gasteiger partial charge on any atom is 0.147 e. The molecule has 0 amide bonds. The molecule has 0 saturated heterocycles. The predicted molar refractivity (Wildman–Crippen MR) is 68.4 cm³/mol. The monoisotopic (exact) mass is 217 g/mol. The minimum atomic E-state index is 0.0340. The van der Waals surface area contributed by atoms with E-state index in [9.17, 15) is 0 Å². The van der Waals surface area contributed by atoms with Crippen LogP contribution in [0.15, 0.2) is 30.3 Å². The van der Waals surface area contributed by atoms with Gasteiger partial charge < -0.3 is 10.1 Å². The van der Waals surface area contributed by atoms with Gasteiger partial charge in [-0.3, -0.25) is 0 Å². The van der Waals surface area contributed by atoms with E-state index in [1.165, 1.54) is 18.4 Å². The van der Waals surface area contributed by atoms with Gasteiger partial charge in [-0.1, -0.05) is 44.0 Å². The van der Waals surface area contributed by atoms with Crippen LogP contribution < -0.4 is 5.32 Å². The van der Waals surface area contributed by atoms with Crippen molar-refractivity contribution in [1.29, 1.82) is 0 Å². The second-order valence-electron chi connectivity index (χ2n) is 4.09. The zero-order valence-electron chi connectivity index (χ0n) is 9.78. The van der Waals surface area contributed by atoms with Gasteiger partial charge in [-0.2, -0.15) is 0 Å². The number of para-hydroxylation sites is 1. The summed E-state index contributed by atoms with van der Waals surface area (Å²) >= 11 is 0. The van der Waals surface area contributed by atoms with Crippen LogP contribution in [0, 0.1) is 0 Å². The van der Waals surface area contributed by atoms with Crippen molar-refractivity contribution in [3.05, 3.63) is 35.9 Å². The molecule has 0 radical (unpaired) electrons. The summed E-state index contributed by atoms with van der Waals surface area (Å²) in [5.74, 6) is 0. The van der Waals surface area contributed by atoms with Crippen LogP contribution in [-0.4, -0.2) is 12.8 Å². The van der Waals surface area contributed by atoms with Crippen molar-refractivity contribution in [3.63, 3.8) is 0 Å². The van der Waals surface area contributed by atoms with E-state index in [0.717, 1.165) is 18.7 Å². The number of nitrogens with one attached hydrogen (secondary N) is 1. The Kier molecular flexibility index (Phi) is 4.00. The lowest BCUT2D eigenvalue weighted by Gasteiger charge is -2.22. The minimum Gasteiger partial charge on any atom is -0.356 e. The molecule has 0 bridgehead atoms. The van der Waals surface area contributed by atoms with Gasteiger partial charge >= 0.3 is 0 Å². The van der Waals surface area contributed by atoms with Crippen LogP contribution in [0.4, 0.5) is 5.69 Å². The van der Waals surface area contributed by atoms with Gasteiger partial charge in [0.1, 0.15) is 6.23 Å². The fraction of sp³-hybridized carbons (Fsp3) is 0.429. The first kappa shape index (κ1) is 11.2. The molecule has 1 aromatic rings. The average Bonchev–Trinajstić information content (AvgIpc) is 2.34. The zero-order chi connectivity index (χ0) is 11.2. The second-order valence-corrected chi connectivity index (χ2v) is 4.09. The van der Waals surface area contributed by atoms with Crippen molar-refractivity contribution in [2.24, 2.45) is 0 Å². The van der Waals surface area contributed by atoms with Crippen molar-refractivity contribution in [2.45, 2.75) is 32.4 Å². The summed E-state index contributed by atoms with van der Waals surface area (Å²) in [5.41, 5.74) is 2.39. The van der Waals surface area contributed by atoms with Gasteiger partial charge in [0.05, 0.1) is 0 Å².